The first kappa shape index (κ1) is 13.1. The maximum Gasteiger partial charge on any atom is 0.0554 e. The monoisotopic (exact) mass is 363 g/mol. The van der Waals surface area contributed by atoms with Crippen LogP contribution in [-0.4, -0.2) is 0 Å². The Morgan fingerprint density at radius 2 is 1.84 bits per heavy atom. The Labute approximate surface area is 128 Å². The maximum atomic E-state index is 6.50. The van der Waals surface area contributed by atoms with E-state index in [4.69, 9.17) is 5.73 Å². The van der Waals surface area contributed by atoms with Crippen molar-refractivity contribution in [2.45, 2.75) is 31.2 Å². The molecule has 1 nitrogen and oxygen atoms in total. The first-order chi connectivity index (χ1) is 9.25. The van der Waals surface area contributed by atoms with E-state index in [1.807, 2.05) is 0 Å². The van der Waals surface area contributed by atoms with Crippen LogP contribution in [0.15, 0.2) is 48.5 Å². The van der Waals surface area contributed by atoms with Gasteiger partial charge in [0.2, 0.25) is 0 Å². The molecule has 0 aromatic heterocycles. The van der Waals surface area contributed by atoms with Crippen LogP contribution in [0, 0.1) is 3.57 Å². The van der Waals surface area contributed by atoms with Gasteiger partial charge < -0.3 is 5.73 Å². The lowest BCUT2D eigenvalue weighted by Gasteiger charge is -2.29. The molecule has 0 bridgehead atoms. The van der Waals surface area contributed by atoms with E-state index in [1.165, 1.54) is 39.5 Å². The van der Waals surface area contributed by atoms with Crippen LogP contribution in [0.3, 0.4) is 0 Å². The zero-order valence-electron chi connectivity index (χ0n) is 10.9. The van der Waals surface area contributed by atoms with Crippen molar-refractivity contribution in [1.29, 1.82) is 0 Å². The van der Waals surface area contributed by atoms with Gasteiger partial charge in [-0.3, -0.25) is 0 Å². The Kier molecular flexibility index (Phi) is 3.89. The quantitative estimate of drug-likeness (QED) is 0.792. The Hall–Kier alpha value is -0.870. The molecule has 1 aliphatic rings. The molecule has 3 rings (SSSR count). The van der Waals surface area contributed by atoms with E-state index in [-0.39, 0.29) is 6.04 Å². The molecule has 1 atom stereocenters. The fourth-order valence-electron chi connectivity index (χ4n) is 2.76. The third-order valence-corrected chi connectivity index (χ3v) is 4.75. The van der Waals surface area contributed by atoms with Crippen LogP contribution in [0.25, 0.3) is 0 Å². The first-order valence-electron chi connectivity index (χ1n) is 6.85. The van der Waals surface area contributed by atoms with Crippen LogP contribution in [0.1, 0.15) is 47.9 Å². The van der Waals surface area contributed by atoms with Gasteiger partial charge in [-0.15, -0.1) is 0 Å². The lowest BCUT2D eigenvalue weighted by atomic mass is 9.76. The topological polar surface area (TPSA) is 26.0 Å². The molecule has 0 radical (unpaired) electrons. The van der Waals surface area contributed by atoms with Crippen LogP contribution >= 0.6 is 22.6 Å². The number of halogens is 1. The van der Waals surface area contributed by atoms with E-state index in [1.54, 1.807) is 0 Å². The van der Waals surface area contributed by atoms with Crippen molar-refractivity contribution >= 4 is 22.6 Å². The van der Waals surface area contributed by atoms with E-state index >= 15 is 0 Å². The SMILES string of the molecule is NC(c1cccc(I)c1)c1ccccc1C1CCC1. The molecule has 0 aliphatic heterocycles. The molecule has 2 N–H and O–H groups in total. The normalized spacial score (nSPS) is 16.9. The summed E-state index contributed by atoms with van der Waals surface area (Å²) in [5.74, 6) is 0.727. The summed E-state index contributed by atoms with van der Waals surface area (Å²) in [5.41, 5.74) is 10.5. The van der Waals surface area contributed by atoms with Crippen LogP contribution in [0.4, 0.5) is 0 Å². The molecule has 2 aromatic rings. The zero-order valence-corrected chi connectivity index (χ0v) is 13.0. The smallest absolute Gasteiger partial charge is 0.0554 e. The molecule has 1 saturated carbocycles. The summed E-state index contributed by atoms with van der Waals surface area (Å²) in [6.07, 6.45) is 3.99. The fourth-order valence-corrected chi connectivity index (χ4v) is 3.33. The number of benzene rings is 2. The second-order valence-corrected chi connectivity index (χ2v) is 6.54. The molecule has 19 heavy (non-hydrogen) atoms. The predicted molar refractivity (Wildman–Crippen MR) is 88.2 cm³/mol. The molecule has 98 valence electrons. The van der Waals surface area contributed by atoms with E-state index in [0.29, 0.717) is 0 Å². The van der Waals surface area contributed by atoms with Gasteiger partial charge in [-0.1, -0.05) is 42.8 Å². The molecule has 0 saturated heterocycles. The average Bonchev–Trinajstić information content (AvgIpc) is 2.37. The number of hydrogen-bond donors (Lipinski definition) is 1. The van der Waals surface area contributed by atoms with Crippen molar-refractivity contribution in [3.8, 4) is 0 Å². The highest BCUT2D eigenvalue weighted by Gasteiger charge is 2.24. The molecule has 1 unspecified atom stereocenters. The Morgan fingerprint density at radius 3 is 2.53 bits per heavy atom. The minimum absolute atomic E-state index is 0.00786. The number of nitrogens with two attached hydrogens (primary N) is 1. The van der Waals surface area contributed by atoms with E-state index < -0.39 is 0 Å². The van der Waals surface area contributed by atoms with Gasteiger partial charge in [-0.05, 0) is 70.2 Å². The Balaban J connectivity index is 1.97. The lowest BCUT2D eigenvalue weighted by molar-refractivity contribution is 0.416. The van der Waals surface area contributed by atoms with Crippen molar-refractivity contribution in [2.24, 2.45) is 5.73 Å². The third kappa shape index (κ3) is 2.70. The van der Waals surface area contributed by atoms with Gasteiger partial charge >= 0.3 is 0 Å². The van der Waals surface area contributed by atoms with Crippen molar-refractivity contribution in [3.63, 3.8) is 0 Å². The highest BCUT2D eigenvalue weighted by Crippen LogP contribution is 2.40. The van der Waals surface area contributed by atoms with Crippen LogP contribution in [-0.2, 0) is 0 Å². The molecule has 0 amide bonds. The van der Waals surface area contributed by atoms with E-state index in [9.17, 15) is 0 Å². The van der Waals surface area contributed by atoms with Gasteiger partial charge in [-0.25, -0.2) is 0 Å². The minimum atomic E-state index is -0.00786. The number of rotatable bonds is 3. The second-order valence-electron chi connectivity index (χ2n) is 5.29. The molecular formula is C17H18IN. The molecule has 2 heteroatoms. The molecule has 0 spiro atoms. The summed E-state index contributed by atoms with van der Waals surface area (Å²) in [6, 6.07) is 17.2. The second kappa shape index (κ2) is 5.63. The third-order valence-electron chi connectivity index (χ3n) is 4.08. The molecule has 1 fully saturated rings. The van der Waals surface area contributed by atoms with Gasteiger partial charge in [-0.2, -0.15) is 0 Å². The van der Waals surface area contributed by atoms with Gasteiger partial charge in [0, 0.05) is 3.57 Å². The Morgan fingerprint density at radius 1 is 1.05 bits per heavy atom. The van der Waals surface area contributed by atoms with Crippen LogP contribution in [0.5, 0.6) is 0 Å². The molecule has 0 heterocycles. The van der Waals surface area contributed by atoms with Crippen molar-refractivity contribution in [1.82, 2.24) is 0 Å². The summed E-state index contributed by atoms with van der Waals surface area (Å²) in [7, 11) is 0. The highest BCUT2D eigenvalue weighted by atomic mass is 127. The summed E-state index contributed by atoms with van der Waals surface area (Å²) in [4.78, 5) is 0. The lowest BCUT2D eigenvalue weighted by Crippen LogP contribution is -2.18. The largest absolute Gasteiger partial charge is 0.320 e. The molecular weight excluding hydrogens is 345 g/mol. The van der Waals surface area contributed by atoms with Gasteiger partial charge in [0.1, 0.15) is 0 Å². The van der Waals surface area contributed by atoms with Crippen LogP contribution < -0.4 is 5.73 Å². The first-order valence-corrected chi connectivity index (χ1v) is 7.93. The fraction of sp³-hybridized carbons (Fsp3) is 0.294. The summed E-state index contributed by atoms with van der Waals surface area (Å²) in [5, 5.41) is 0. The average molecular weight is 363 g/mol. The number of hydrogen-bond acceptors (Lipinski definition) is 1. The van der Waals surface area contributed by atoms with E-state index in [2.05, 4.69) is 71.1 Å². The van der Waals surface area contributed by atoms with Gasteiger partial charge in [0.25, 0.3) is 0 Å². The van der Waals surface area contributed by atoms with Crippen molar-refractivity contribution < 1.29 is 0 Å². The predicted octanol–water partition coefficient (Wildman–Crippen LogP) is 4.61. The summed E-state index contributed by atoms with van der Waals surface area (Å²) >= 11 is 2.34. The molecule has 2 aromatic carbocycles. The maximum absolute atomic E-state index is 6.50. The summed E-state index contributed by atoms with van der Waals surface area (Å²) in [6.45, 7) is 0. The van der Waals surface area contributed by atoms with E-state index in [0.717, 1.165) is 5.92 Å². The Bertz CT molecular complexity index is 575. The summed E-state index contributed by atoms with van der Waals surface area (Å²) < 4.78 is 1.24. The van der Waals surface area contributed by atoms with Gasteiger partial charge in [0.15, 0.2) is 0 Å². The highest BCUT2D eigenvalue weighted by molar-refractivity contribution is 14.1. The van der Waals surface area contributed by atoms with Crippen molar-refractivity contribution in [3.05, 3.63) is 68.8 Å². The van der Waals surface area contributed by atoms with Gasteiger partial charge in [0.05, 0.1) is 6.04 Å². The van der Waals surface area contributed by atoms with Crippen LogP contribution in [0.2, 0.25) is 0 Å². The standard InChI is InChI=1S/C17H18IN/c18-14-8-4-7-13(11-14)17(19)16-10-2-1-9-15(16)12-5-3-6-12/h1-2,4,7-12,17H,3,5-6,19H2. The van der Waals surface area contributed by atoms with Crippen molar-refractivity contribution in [2.75, 3.05) is 0 Å². The minimum Gasteiger partial charge on any atom is -0.320 e. The zero-order chi connectivity index (χ0) is 13.2. The molecule has 1 aliphatic carbocycles.